The predicted octanol–water partition coefficient (Wildman–Crippen LogP) is 4.69. The van der Waals surface area contributed by atoms with Crippen molar-refractivity contribution in [2.24, 2.45) is 5.92 Å². The van der Waals surface area contributed by atoms with Crippen LogP contribution in [0.1, 0.15) is 42.6 Å². The minimum atomic E-state index is -0.0257. The molecule has 0 spiro atoms. The first-order chi connectivity index (χ1) is 8.99. The van der Waals surface area contributed by atoms with Gasteiger partial charge in [-0.15, -0.1) is 0 Å². The molecule has 4 heteroatoms. The molecule has 1 aromatic carbocycles. The average Bonchev–Trinajstić information content (AvgIpc) is 2.37. The van der Waals surface area contributed by atoms with E-state index in [1.165, 1.54) is 0 Å². The van der Waals surface area contributed by atoms with E-state index < -0.39 is 0 Å². The molecule has 0 heterocycles. The minimum Gasteiger partial charge on any atom is -0.351 e. The summed E-state index contributed by atoms with van der Waals surface area (Å²) in [4.78, 5) is 12.4. The molecule has 0 aromatic heterocycles. The lowest BCUT2D eigenvalue weighted by molar-refractivity contribution is 0.0951. The van der Waals surface area contributed by atoms with E-state index in [0.29, 0.717) is 22.9 Å². The average molecular weight is 391 g/mol. The van der Waals surface area contributed by atoms with E-state index >= 15 is 0 Å². The van der Waals surface area contributed by atoms with Crippen molar-refractivity contribution in [2.45, 2.75) is 38.4 Å². The summed E-state index contributed by atoms with van der Waals surface area (Å²) >= 11 is 7.11. The zero-order valence-corrected chi connectivity index (χ0v) is 14.8. The number of nitrogens with one attached hydrogen (secondary N) is 1. The molecule has 1 aromatic rings. The number of hydrogen-bond acceptors (Lipinski definition) is 1. The third-order valence-electron chi connectivity index (χ3n) is 3.39. The van der Waals surface area contributed by atoms with Crippen LogP contribution in [-0.2, 0) is 0 Å². The zero-order valence-electron chi connectivity index (χ0n) is 11.7. The van der Waals surface area contributed by atoms with Gasteiger partial charge in [-0.1, -0.05) is 48.7 Å². The Morgan fingerprint density at radius 2 is 1.95 bits per heavy atom. The Balaban J connectivity index is 2.60. The summed E-state index contributed by atoms with van der Waals surface area (Å²) < 4.78 is 0.846. The first kappa shape index (κ1) is 16.7. The van der Waals surface area contributed by atoms with Gasteiger partial charge in [0.25, 0.3) is 5.91 Å². The lowest BCUT2D eigenvalue weighted by Gasteiger charge is -2.20. The van der Waals surface area contributed by atoms with Crippen LogP contribution in [0.2, 0.25) is 0 Å². The van der Waals surface area contributed by atoms with Crippen molar-refractivity contribution in [3.05, 3.63) is 33.8 Å². The monoisotopic (exact) mass is 389 g/mol. The summed E-state index contributed by atoms with van der Waals surface area (Å²) in [5, 5.41) is 2.99. The molecule has 0 fully saturated rings. The van der Waals surface area contributed by atoms with Crippen molar-refractivity contribution in [2.75, 3.05) is 6.54 Å². The normalized spacial score (nSPS) is 12.5. The summed E-state index contributed by atoms with van der Waals surface area (Å²) in [6.07, 6.45) is 2.24. The standard InChI is InChI=1S/C15H21Br2NO/c1-4-11(5-2)14(17)9-18-15(19)12-7-6-10(3)8-13(12)16/h6-8,11,14H,4-5,9H2,1-3H3,(H,18,19). The molecular weight excluding hydrogens is 370 g/mol. The van der Waals surface area contributed by atoms with E-state index in [-0.39, 0.29) is 5.91 Å². The summed E-state index contributed by atoms with van der Waals surface area (Å²) in [5.74, 6) is 0.573. The van der Waals surface area contributed by atoms with Crippen LogP contribution in [0.4, 0.5) is 0 Å². The fraction of sp³-hybridized carbons (Fsp3) is 0.533. The number of carbonyl (C=O) groups excluding carboxylic acids is 1. The molecule has 1 amide bonds. The number of benzene rings is 1. The molecule has 0 aliphatic heterocycles. The second-order valence-electron chi connectivity index (χ2n) is 4.79. The van der Waals surface area contributed by atoms with E-state index in [2.05, 4.69) is 51.0 Å². The van der Waals surface area contributed by atoms with Crippen LogP contribution in [0, 0.1) is 12.8 Å². The summed E-state index contributed by atoms with van der Waals surface area (Å²) in [6, 6.07) is 5.77. The first-order valence-electron chi connectivity index (χ1n) is 6.68. The molecule has 0 aliphatic rings. The van der Waals surface area contributed by atoms with Gasteiger partial charge in [0, 0.05) is 15.8 Å². The maximum Gasteiger partial charge on any atom is 0.252 e. The largest absolute Gasteiger partial charge is 0.351 e. The van der Waals surface area contributed by atoms with Gasteiger partial charge in [-0.25, -0.2) is 0 Å². The zero-order chi connectivity index (χ0) is 14.4. The van der Waals surface area contributed by atoms with Gasteiger partial charge in [-0.05, 0) is 46.5 Å². The van der Waals surface area contributed by atoms with Crippen molar-refractivity contribution in [1.82, 2.24) is 5.32 Å². The lowest BCUT2D eigenvalue weighted by Crippen LogP contribution is -2.33. The number of alkyl halides is 1. The first-order valence-corrected chi connectivity index (χ1v) is 8.38. The molecule has 106 valence electrons. The van der Waals surface area contributed by atoms with Gasteiger partial charge in [0.05, 0.1) is 5.56 Å². The molecule has 0 bridgehead atoms. The van der Waals surface area contributed by atoms with Gasteiger partial charge in [-0.2, -0.15) is 0 Å². The smallest absolute Gasteiger partial charge is 0.252 e. The number of hydrogen-bond donors (Lipinski definition) is 1. The van der Waals surface area contributed by atoms with Crippen LogP contribution in [0.25, 0.3) is 0 Å². The van der Waals surface area contributed by atoms with Crippen molar-refractivity contribution in [3.63, 3.8) is 0 Å². The molecule has 19 heavy (non-hydrogen) atoms. The SMILES string of the molecule is CCC(CC)C(Br)CNC(=O)c1ccc(C)cc1Br. The number of amides is 1. The molecule has 0 radical (unpaired) electrons. The highest BCUT2D eigenvalue weighted by Gasteiger charge is 2.17. The van der Waals surface area contributed by atoms with Crippen LogP contribution in [0.5, 0.6) is 0 Å². The molecule has 1 unspecified atom stereocenters. The molecule has 1 N–H and O–H groups in total. The number of rotatable bonds is 6. The highest BCUT2D eigenvalue weighted by Crippen LogP contribution is 2.21. The highest BCUT2D eigenvalue weighted by atomic mass is 79.9. The lowest BCUT2D eigenvalue weighted by atomic mass is 9.99. The van der Waals surface area contributed by atoms with Gasteiger partial charge in [0.15, 0.2) is 0 Å². The van der Waals surface area contributed by atoms with Crippen molar-refractivity contribution in [1.29, 1.82) is 0 Å². The van der Waals surface area contributed by atoms with Gasteiger partial charge in [0.2, 0.25) is 0 Å². The van der Waals surface area contributed by atoms with Crippen molar-refractivity contribution >= 4 is 37.8 Å². The molecule has 1 atom stereocenters. The van der Waals surface area contributed by atoms with E-state index in [0.717, 1.165) is 22.9 Å². The van der Waals surface area contributed by atoms with Crippen LogP contribution in [0.15, 0.2) is 22.7 Å². The molecule has 2 nitrogen and oxygen atoms in total. The maximum absolute atomic E-state index is 12.1. The topological polar surface area (TPSA) is 29.1 Å². The molecule has 0 aliphatic carbocycles. The van der Waals surface area contributed by atoms with E-state index in [4.69, 9.17) is 0 Å². The van der Waals surface area contributed by atoms with Crippen molar-refractivity contribution in [3.8, 4) is 0 Å². The van der Waals surface area contributed by atoms with Crippen LogP contribution < -0.4 is 5.32 Å². The maximum atomic E-state index is 12.1. The Hall–Kier alpha value is -0.350. The van der Waals surface area contributed by atoms with Gasteiger partial charge in [-0.3, -0.25) is 4.79 Å². The molecule has 1 rings (SSSR count). The van der Waals surface area contributed by atoms with Crippen molar-refractivity contribution < 1.29 is 4.79 Å². The number of aryl methyl sites for hydroxylation is 1. The van der Waals surface area contributed by atoms with Crippen LogP contribution in [0.3, 0.4) is 0 Å². The highest BCUT2D eigenvalue weighted by molar-refractivity contribution is 9.10. The fourth-order valence-corrected chi connectivity index (χ4v) is 3.64. The van der Waals surface area contributed by atoms with E-state index in [1.807, 2.05) is 25.1 Å². The van der Waals surface area contributed by atoms with Crippen LogP contribution >= 0.6 is 31.9 Å². The Morgan fingerprint density at radius 1 is 1.32 bits per heavy atom. The molecule has 0 saturated heterocycles. The Bertz CT molecular complexity index is 430. The summed E-state index contributed by atoms with van der Waals surface area (Å²) in [7, 11) is 0. The third kappa shape index (κ3) is 4.92. The molecule has 0 saturated carbocycles. The number of halogens is 2. The third-order valence-corrected chi connectivity index (χ3v) is 5.11. The summed E-state index contributed by atoms with van der Waals surface area (Å²) in [6.45, 7) is 7.03. The Kier molecular flexibility index (Phi) is 7.08. The Morgan fingerprint density at radius 3 is 2.47 bits per heavy atom. The van der Waals surface area contributed by atoms with Gasteiger partial charge < -0.3 is 5.32 Å². The minimum absolute atomic E-state index is 0.0257. The quantitative estimate of drug-likeness (QED) is 0.701. The Labute approximate surface area is 132 Å². The van der Waals surface area contributed by atoms with Gasteiger partial charge >= 0.3 is 0 Å². The van der Waals surface area contributed by atoms with Gasteiger partial charge in [0.1, 0.15) is 0 Å². The second-order valence-corrected chi connectivity index (χ2v) is 6.82. The van der Waals surface area contributed by atoms with E-state index in [9.17, 15) is 4.79 Å². The van der Waals surface area contributed by atoms with Crippen LogP contribution in [-0.4, -0.2) is 17.3 Å². The predicted molar refractivity (Wildman–Crippen MR) is 88.0 cm³/mol. The molecular formula is C15H21Br2NO. The number of carbonyl (C=O) groups is 1. The second kappa shape index (κ2) is 8.05. The fourth-order valence-electron chi connectivity index (χ4n) is 2.06. The van der Waals surface area contributed by atoms with E-state index in [1.54, 1.807) is 0 Å². The summed E-state index contributed by atoms with van der Waals surface area (Å²) in [5.41, 5.74) is 1.83.